The summed E-state index contributed by atoms with van der Waals surface area (Å²) in [5.74, 6) is 1.07. The molecular formula is C16H19N3OS. The summed E-state index contributed by atoms with van der Waals surface area (Å²) < 4.78 is 1.84. The highest BCUT2D eigenvalue weighted by Crippen LogP contribution is 2.24. The van der Waals surface area contributed by atoms with Crippen molar-refractivity contribution in [1.29, 1.82) is 0 Å². The largest absolute Gasteiger partial charge is 0.355 e. The van der Waals surface area contributed by atoms with E-state index in [1.54, 1.807) is 18.0 Å². The molecule has 0 spiro atoms. The summed E-state index contributed by atoms with van der Waals surface area (Å²) >= 11 is 1.74. The zero-order valence-corrected chi connectivity index (χ0v) is 12.7. The van der Waals surface area contributed by atoms with Gasteiger partial charge in [-0.25, -0.2) is 4.68 Å². The van der Waals surface area contributed by atoms with Gasteiger partial charge in [0.1, 0.15) is 0 Å². The van der Waals surface area contributed by atoms with Gasteiger partial charge in [0.05, 0.1) is 10.9 Å². The van der Waals surface area contributed by atoms with E-state index in [1.807, 2.05) is 16.9 Å². The van der Waals surface area contributed by atoms with Crippen LogP contribution in [0.3, 0.4) is 0 Å². The fourth-order valence-electron chi connectivity index (χ4n) is 2.43. The van der Waals surface area contributed by atoms with E-state index < -0.39 is 0 Å². The van der Waals surface area contributed by atoms with Crippen LogP contribution >= 0.6 is 11.8 Å². The molecule has 3 rings (SSSR count). The van der Waals surface area contributed by atoms with Gasteiger partial charge >= 0.3 is 0 Å². The molecule has 1 amide bonds. The Kier molecular flexibility index (Phi) is 4.60. The van der Waals surface area contributed by atoms with Crippen LogP contribution in [0, 0.1) is 0 Å². The van der Waals surface area contributed by atoms with Crippen molar-refractivity contribution in [3.05, 3.63) is 48.3 Å². The summed E-state index contributed by atoms with van der Waals surface area (Å²) in [7, 11) is 0. The van der Waals surface area contributed by atoms with Crippen LogP contribution in [0.25, 0.3) is 5.69 Å². The number of thioether (sulfide) groups is 1. The van der Waals surface area contributed by atoms with Crippen LogP contribution in [-0.4, -0.2) is 27.5 Å². The first-order chi connectivity index (χ1) is 10.3. The first-order valence-electron chi connectivity index (χ1n) is 7.31. The SMILES string of the molecule is O=C1NCCCCC1SCc1ccc(-n2cccn2)cc1. The molecular weight excluding hydrogens is 282 g/mol. The van der Waals surface area contributed by atoms with Gasteiger partial charge in [-0.05, 0) is 36.6 Å². The summed E-state index contributed by atoms with van der Waals surface area (Å²) in [6.45, 7) is 0.828. The van der Waals surface area contributed by atoms with Gasteiger partial charge in [-0.2, -0.15) is 5.10 Å². The fourth-order valence-corrected chi connectivity index (χ4v) is 3.59. The van der Waals surface area contributed by atoms with E-state index in [-0.39, 0.29) is 11.2 Å². The Morgan fingerprint density at radius 3 is 2.90 bits per heavy atom. The summed E-state index contributed by atoms with van der Waals surface area (Å²) in [5, 5.41) is 7.30. The molecule has 1 unspecified atom stereocenters. The molecule has 0 radical (unpaired) electrons. The molecule has 2 heterocycles. The van der Waals surface area contributed by atoms with Crippen molar-refractivity contribution in [2.75, 3.05) is 6.54 Å². The van der Waals surface area contributed by atoms with E-state index in [0.717, 1.165) is 37.2 Å². The van der Waals surface area contributed by atoms with Gasteiger partial charge in [0.25, 0.3) is 0 Å². The van der Waals surface area contributed by atoms with E-state index >= 15 is 0 Å². The molecule has 21 heavy (non-hydrogen) atoms. The number of carbonyl (C=O) groups is 1. The predicted molar refractivity (Wildman–Crippen MR) is 85.5 cm³/mol. The molecule has 110 valence electrons. The number of aromatic nitrogens is 2. The number of hydrogen-bond acceptors (Lipinski definition) is 3. The molecule has 0 saturated carbocycles. The number of nitrogens with one attached hydrogen (secondary N) is 1. The maximum absolute atomic E-state index is 11.9. The monoisotopic (exact) mass is 301 g/mol. The van der Waals surface area contributed by atoms with E-state index in [9.17, 15) is 4.79 Å². The van der Waals surface area contributed by atoms with Crippen molar-refractivity contribution >= 4 is 17.7 Å². The Balaban J connectivity index is 1.59. The molecule has 1 aromatic heterocycles. The molecule has 5 heteroatoms. The van der Waals surface area contributed by atoms with Crippen molar-refractivity contribution in [3.8, 4) is 5.69 Å². The summed E-state index contributed by atoms with van der Waals surface area (Å²) in [5.41, 5.74) is 2.30. The first-order valence-corrected chi connectivity index (χ1v) is 8.36. The van der Waals surface area contributed by atoms with Crippen molar-refractivity contribution < 1.29 is 4.79 Å². The zero-order chi connectivity index (χ0) is 14.5. The summed E-state index contributed by atoms with van der Waals surface area (Å²) in [6.07, 6.45) is 6.92. The van der Waals surface area contributed by atoms with Crippen LogP contribution in [0.2, 0.25) is 0 Å². The van der Waals surface area contributed by atoms with E-state index in [0.29, 0.717) is 0 Å². The van der Waals surface area contributed by atoms with E-state index in [1.165, 1.54) is 5.56 Å². The summed E-state index contributed by atoms with van der Waals surface area (Å²) in [6, 6.07) is 10.3. The minimum absolute atomic E-state index is 0.0956. The maximum atomic E-state index is 11.9. The van der Waals surface area contributed by atoms with Gasteiger partial charge in [-0.1, -0.05) is 18.6 Å². The van der Waals surface area contributed by atoms with Crippen molar-refractivity contribution in [3.63, 3.8) is 0 Å². The third kappa shape index (κ3) is 3.67. The molecule has 1 fully saturated rings. The molecule has 1 saturated heterocycles. The van der Waals surface area contributed by atoms with Crippen LogP contribution in [0.15, 0.2) is 42.7 Å². The lowest BCUT2D eigenvalue weighted by Crippen LogP contribution is -2.30. The number of rotatable bonds is 4. The van der Waals surface area contributed by atoms with Crippen LogP contribution in [0.1, 0.15) is 24.8 Å². The second kappa shape index (κ2) is 6.80. The Morgan fingerprint density at radius 2 is 2.14 bits per heavy atom. The van der Waals surface area contributed by atoms with Gasteiger partial charge < -0.3 is 5.32 Å². The van der Waals surface area contributed by atoms with Crippen molar-refractivity contribution in [2.24, 2.45) is 0 Å². The number of hydrogen-bond donors (Lipinski definition) is 1. The minimum atomic E-state index is 0.0956. The number of carbonyl (C=O) groups excluding carboxylic acids is 1. The third-order valence-electron chi connectivity index (χ3n) is 3.64. The molecule has 1 N–H and O–H groups in total. The average Bonchev–Trinajstić information content (AvgIpc) is 2.97. The number of amides is 1. The van der Waals surface area contributed by atoms with Crippen molar-refractivity contribution in [2.45, 2.75) is 30.3 Å². The lowest BCUT2D eigenvalue weighted by Gasteiger charge is -2.12. The van der Waals surface area contributed by atoms with Gasteiger partial charge in [0.2, 0.25) is 5.91 Å². The maximum Gasteiger partial charge on any atom is 0.233 e. The molecule has 0 bridgehead atoms. The first kappa shape index (κ1) is 14.2. The van der Waals surface area contributed by atoms with Gasteiger partial charge in [-0.3, -0.25) is 4.79 Å². The zero-order valence-electron chi connectivity index (χ0n) is 11.9. The van der Waals surface area contributed by atoms with Crippen molar-refractivity contribution in [1.82, 2.24) is 15.1 Å². The number of nitrogens with zero attached hydrogens (tertiary/aromatic N) is 2. The second-order valence-corrected chi connectivity index (χ2v) is 6.39. The molecule has 1 aromatic carbocycles. The minimum Gasteiger partial charge on any atom is -0.355 e. The smallest absolute Gasteiger partial charge is 0.233 e. The molecule has 1 aliphatic heterocycles. The molecule has 1 atom stereocenters. The van der Waals surface area contributed by atoms with E-state index in [2.05, 4.69) is 34.7 Å². The standard InChI is InChI=1S/C16H19N3OS/c20-16-15(4-1-2-9-17-16)21-12-13-5-7-14(8-6-13)19-11-3-10-18-19/h3,5-8,10-11,15H,1-2,4,9,12H2,(H,17,20). The van der Waals surface area contributed by atoms with Gasteiger partial charge in [-0.15, -0.1) is 11.8 Å². The lowest BCUT2D eigenvalue weighted by molar-refractivity contribution is -0.120. The average molecular weight is 301 g/mol. The molecule has 1 aliphatic rings. The molecule has 2 aromatic rings. The van der Waals surface area contributed by atoms with Gasteiger partial charge in [0, 0.05) is 24.7 Å². The Bertz CT molecular complexity index is 580. The Labute approximate surface area is 128 Å². The highest BCUT2D eigenvalue weighted by molar-refractivity contribution is 7.99. The topological polar surface area (TPSA) is 46.9 Å². The Morgan fingerprint density at radius 1 is 1.29 bits per heavy atom. The van der Waals surface area contributed by atoms with Gasteiger partial charge in [0.15, 0.2) is 0 Å². The van der Waals surface area contributed by atoms with Crippen LogP contribution in [0.4, 0.5) is 0 Å². The number of benzene rings is 1. The van der Waals surface area contributed by atoms with E-state index in [4.69, 9.17) is 0 Å². The van der Waals surface area contributed by atoms with Crippen LogP contribution in [0.5, 0.6) is 0 Å². The highest BCUT2D eigenvalue weighted by atomic mass is 32.2. The lowest BCUT2D eigenvalue weighted by atomic mass is 10.2. The van der Waals surface area contributed by atoms with Crippen LogP contribution in [-0.2, 0) is 10.5 Å². The van der Waals surface area contributed by atoms with Crippen LogP contribution < -0.4 is 5.32 Å². The third-order valence-corrected chi connectivity index (χ3v) is 4.99. The molecule has 0 aliphatic carbocycles. The second-order valence-electron chi connectivity index (χ2n) is 5.20. The normalized spacial score (nSPS) is 19.0. The predicted octanol–water partition coefficient (Wildman–Crippen LogP) is 2.77. The highest BCUT2D eigenvalue weighted by Gasteiger charge is 2.20. The Hall–Kier alpha value is -1.75. The fraction of sp³-hybridized carbons (Fsp3) is 0.375. The quantitative estimate of drug-likeness (QED) is 0.944. The molecule has 4 nitrogen and oxygen atoms in total. The summed E-state index contributed by atoms with van der Waals surface area (Å²) in [4.78, 5) is 11.9.